The third-order valence-corrected chi connectivity index (χ3v) is 5.30. The number of rotatable bonds is 3. The van der Waals surface area contributed by atoms with Gasteiger partial charge in [0.2, 0.25) is 10.1 Å². The zero-order chi connectivity index (χ0) is 16.0. The van der Waals surface area contributed by atoms with Crippen LogP contribution in [0.3, 0.4) is 0 Å². The van der Waals surface area contributed by atoms with Gasteiger partial charge in [0.1, 0.15) is 0 Å². The van der Waals surface area contributed by atoms with Crippen LogP contribution in [0.1, 0.15) is 16.1 Å². The molecule has 2 aromatic rings. The molecule has 1 aromatic heterocycles. The number of sulfonamides is 1. The third kappa shape index (κ3) is 2.83. The molecule has 22 heavy (non-hydrogen) atoms. The van der Waals surface area contributed by atoms with Crippen molar-refractivity contribution in [3.8, 4) is 0 Å². The number of fused-ring (bicyclic) bond motifs is 1. The Labute approximate surface area is 127 Å². The molecule has 10 heteroatoms. The Morgan fingerprint density at radius 2 is 2.00 bits per heavy atom. The van der Waals surface area contributed by atoms with Crippen LogP contribution >= 0.6 is 11.3 Å². The normalized spacial score (nSPS) is 14.1. The van der Waals surface area contributed by atoms with Gasteiger partial charge in [0, 0.05) is 0 Å². The third-order valence-electron chi connectivity index (χ3n) is 2.95. The second kappa shape index (κ2) is 5.06. The van der Waals surface area contributed by atoms with Crippen LogP contribution in [-0.4, -0.2) is 18.6 Å². The number of alkyl halides is 3. The number of allylic oxidation sites excluding steroid dienone is 1. The summed E-state index contributed by atoms with van der Waals surface area (Å²) in [5, 5.41) is 4.50. The van der Waals surface area contributed by atoms with E-state index < -0.39 is 26.3 Å². The number of nitrogens with one attached hydrogen (secondary N) is 1. The molecule has 0 bridgehead atoms. The molecule has 1 heterocycles. The lowest BCUT2D eigenvalue weighted by atomic mass is 10.1. The maximum Gasteiger partial charge on any atom is 0.445 e. The zero-order valence-electron chi connectivity index (χ0n) is 10.8. The molecule has 5 nitrogen and oxygen atoms in total. The molecular weight excluding hydrogens is 339 g/mol. The monoisotopic (exact) mass is 347 g/mol. The number of benzene rings is 1. The van der Waals surface area contributed by atoms with Crippen molar-refractivity contribution in [1.29, 1.82) is 0 Å². The Morgan fingerprint density at radius 3 is 2.68 bits per heavy atom. The van der Waals surface area contributed by atoms with Crippen LogP contribution in [0.25, 0.3) is 6.08 Å². The number of hydrogen-bond acceptors (Lipinski definition) is 5. The van der Waals surface area contributed by atoms with Crippen molar-refractivity contribution in [2.75, 3.05) is 4.72 Å². The summed E-state index contributed by atoms with van der Waals surface area (Å²) in [5.41, 5.74) is 1.77. The summed E-state index contributed by atoms with van der Waals surface area (Å²) in [6.07, 6.45) is -0.232. The number of anilines is 1. The van der Waals surface area contributed by atoms with Gasteiger partial charge >= 0.3 is 6.18 Å². The largest absolute Gasteiger partial charge is 0.445 e. The van der Waals surface area contributed by atoms with Gasteiger partial charge in [-0.15, -0.1) is 10.2 Å². The maximum absolute atomic E-state index is 12.4. The predicted octanol–water partition coefficient (Wildman–Crippen LogP) is 2.93. The molecule has 0 fully saturated rings. The van der Waals surface area contributed by atoms with E-state index in [0.29, 0.717) is 0 Å². The molecule has 1 aromatic carbocycles. The Balaban J connectivity index is 1.88. The second-order valence-electron chi connectivity index (χ2n) is 4.48. The molecule has 1 N–H and O–H groups in total. The first-order valence-electron chi connectivity index (χ1n) is 5.99. The van der Waals surface area contributed by atoms with Crippen molar-refractivity contribution in [2.24, 2.45) is 0 Å². The van der Waals surface area contributed by atoms with E-state index in [0.717, 1.165) is 17.5 Å². The highest BCUT2D eigenvalue weighted by Gasteiger charge is 2.36. The topological polar surface area (TPSA) is 72.0 Å². The summed E-state index contributed by atoms with van der Waals surface area (Å²) in [7, 11) is -4.01. The highest BCUT2D eigenvalue weighted by atomic mass is 32.2. The summed E-state index contributed by atoms with van der Waals surface area (Å²) in [6, 6.07) is 4.54. The van der Waals surface area contributed by atoms with Gasteiger partial charge in [-0.3, -0.25) is 4.72 Å². The molecule has 3 rings (SSSR count). The Kier molecular flexibility index (Phi) is 3.44. The summed E-state index contributed by atoms with van der Waals surface area (Å²) >= 11 is 0.135. The highest BCUT2D eigenvalue weighted by Crippen LogP contribution is 2.33. The van der Waals surface area contributed by atoms with E-state index in [1.165, 1.54) is 12.1 Å². The molecule has 0 aliphatic heterocycles. The summed E-state index contributed by atoms with van der Waals surface area (Å²) in [5.74, 6) is 0. The summed E-state index contributed by atoms with van der Waals surface area (Å²) in [4.78, 5) is -0.0402. The molecule has 0 amide bonds. The molecule has 116 valence electrons. The molecule has 0 unspecified atom stereocenters. The lowest BCUT2D eigenvalue weighted by Gasteiger charge is -2.06. The quantitative estimate of drug-likeness (QED) is 0.927. The first kappa shape index (κ1) is 15.0. The van der Waals surface area contributed by atoms with Gasteiger partial charge in [-0.1, -0.05) is 29.6 Å². The zero-order valence-corrected chi connectivity index (χ0v) is 12.4. The lowest BCUT2D eigenvalue weighted by molar-refractivity contribution is -0.138. The molecule has 0 saturated heterocycles. The minimum atomic E-state index is -4.65. The minimum absolute atomic E-state index is 0.0402. The van der Waals surface area contributed by atoms with Crippen LogP contribution in [0.5, 0.6) is 0 Å². The summed E-state index contributed by atoms with van der Waals surface area (Å²) in [6.45, 7) is 0. The fourth-order valence-corrected chi connectivity index (χ4v) is 3.82. The van der Waals surface area contributed by atoms with E-state index in [9.17, 15) is 21.6 Å². The average Bonchev–Trinajstić information content (AvgIpc) is 3.04. The van der Waals surface area contributed by atoms with Crippen LogP contribution in [-0.2, 0) is 22.6 Å². The first-order chi connectivity index (χ1) is 10.3. The van der Waals surface area contributed by atoms with Gasteiger partial charge in [-0.25, -0.2) is 8.42 Å². The van der Waals surface area contributed by atoms with Crippen LogP contribution in [0.2, 0.25) is 0 Å². The van der Waals surface area contributed by atoms with Crippen molar-refractivity contribution in [1.82, 2.24) is 10.2 Å². The predicted molar refractivity (Wildman–Crippen MR) is 74.9 cm³/mol. The van der Waals surface area contributed by atoms with Gasteiger partial charge in [0.15, 0.2) is 0 Å². The van der Waals surface area contributed by atoms with Crippen LogP contribution in [0.4, 0.5) is 18.3 Å². The molecule has 0 saturated carbocycles. The van der Waals surface area contributed by atoms with Crippen molar-refractivity contribution in [2.45, 2.75) is 17.5 Å². The fraction of sp³-hybridized carbons (Fsp3) is 0.167. The van der Waals surface area contributed by atoms with Gasteiger partial charge in [0.05, 0.1) is 4.90 Å². The molecule has 0 atom stereocenters. The standard InChI is InChI=1S/C12H8F3N3O2S2/c13-12(14,15)10-16-17-11(21-10)18-22(19,20)9-5-4-7-2-1-3-8(7)6-9/h1,3-6H,2H2,(H,17,18). The molecule has 0 spiro atoms. The van der Waals surface area contributed by atoms with Crippen LogP contribution in [0, 0.1) is 0 Å². The maximum atomic E-state index is 12.4. The number of hydrogen-bond donors (Lipinski definition) is 1. The van der Waals surface area contributed by atoms with Crippen molar-refractivity contribution < 1.29 is 21.6 Å². The SMILES string of the molecule is O=S(=O)(Nc1nnc(C(F)(F)F)s1)c1ccc2c(c1)C=CC2. The second-order valence-corrected chi connectivity index (χ2v) is 7.14. The van der Waals surface area contributed by atoms with Crippen molar-refractivity contribution in [3.63, 3.8) is 0 Å². The van der Waals surface area contributed by atoms with E-state index in [1.54, 1.807) is 12.1 Å². The van der Waals surface area contributed by atoms with Gasteiger partial charge in [-0.2, -0.15) is 13.2 Å². The Hall–Kier alpha value is -1.94. The first-order valence-corrected chi connectivity index (χ1v) is 8.29. The number of nitrogens with zero attached hydrogens (tertiary/aromatic N) is 2. The van der Waals surface area contributed by atoms with Gasteiger partial charge in [0.25, 0.3) is 10.0 Å². The van der Waals surface area contributed by atoms with Crippen molar-refractivity contribution in [3.05, 3.63) is 40.4 Å². The Morgan fingerprint density at radius 1 is 1.23 bits per heavy atom. The van der Waals surface area contributed by atoms with E-state index in [2.05, 4.69) is 10.2 Å². The number of halogens is 3. The smallest absolute Gasteiger partial charge is 0.253 e. The molecule has 0 radical (unpaired) electrons. The van der Waals surface area contributed by atoms with E-state index in [-0.39, 0.29) is 16.2 Å². The van der Waals surface area contributed by atoms with Gasteiger partial charge in [-0.05, 0) is 29.7 Å². The molecular formula is C12H8F3N3O2S2. The Bertz CT molecular complexity index is 857. The summed E-state index contributed by atoms with van der Waals surface area (Å²) < 4.78 is 63.7. The molecule has 1 aliphatic carbocycles. The van der Waals surface area contributed by atoms with E-state index in [1.807, 2.05) is 10.8 Å². The van der Waals surface area contributed by atoms with E-state index in [4.69, 9.17) is 0 Å². The number of aromatic nitrogens is 2. The van der Waals surface area contributed by atoms with Crippen LogP contribution < -0.4 is 4.72 Å². The van der Waals surface area contributed by atoms with Crippen LogP contribution in [0.15, 0.2) is 29.2 Å². The fourth-order valence-electron chi connectivity index (χ4n) is 1.95. The average molecular weight is 347 g/mol. The van der Waals surface area contributed by atoms with Gasteiger partial charge < -0.3 is 0 Å². The lowest BCUT2D eigenvalue weighted by Crippen LogP contribution is -2.13. The minimum Gasteiger partial charge on any atom is -0.253 e. The highest BCUT2D eigenvalue weighted by molar-refractivity contribution is 7.93. The van der Waals surface area contributed by atoms with E-state index >= 15 is 0 Å². The van der Waals surface area contributed by atoms with Crippen molar-refractivity contribution >= 4 is 32.6 Å². The molecule has 1 aliphatic rings.